The van der Waals surface area contributed by atoms with Crippen LogP contribution in [0.1, 0.15) is 34.5 Å². The zero-order valence-electron chi connectivity index (χ0n) is 11.3. The smallest absolute Gasteiger partial charge is 0.271 e. The Balaban J connectivity index is 2.17. The number of carbonyl (C=O) groups is 1. The van der Waals surface area contributed by atoms with Crippen molar-refractivity contribution in [1.29, 1.82) is 0 Å². The molecule has 0 spiro atoms. The van der Waals surface area contributed by atoms with E-state index in [1.54, 1.807) is 23.1 Å². The van der Waals surface area contributed by atoms with Crippen molar-refractivity contribution in [3.63, 3.8) is 0 Å². The van der Waals surface area contributed by atoms with Gasteiger partial charge in [0.2, 0.25) is 0 Å². The fourth-order valence-corrected chi connectivity index (χ4v) is 1.71. The number of aromatic nitrogens is 4. The van der Waals surface area contributed by atoms with Gasteiger partial charge in [-0.05, 0) is 26.8 Å². The summed E-state index contributed by atoms with van der Waals surface area (Å²) in [6.07, 6.45) is 3.55. The van der Waals surface area contributed by atoms with Crippen molar-refractivity contribution in [3.8, 4) is 0 Å². The number of nitrogens with zero attached hydrogens (tertiary/aromatic N) is 4. The van der Waals surface area contributed by atoms with Crippen LogP contribution in [-0.2, 0) is 6.54 Å². The number of hydrogen-bond donors (Lipinski definition) is 1. The molecule has 0 aliphatic heterocycles. The van der Waals surface area contributed by atoms with Gasteiger partial charge in [0.15, 0.2) is 0 Å². The number of rotatable bonds is 4. The van der Waals surface area contributed by atoms with Gasteiger partial charge in [-0.1, -0.05) is 0 Å². The Kier molecular flexibility index (Phi) is 3.89. The summed E-state index contributed by atoms with van der Waals surface area (Å²) in [7, 11) is 0. The maximum absolute atomic E-state index is 11.7. The van der Waals surface area contributed by atoms with Crippen molar-refractivity contribution in [2.24, 2.45) is 0 Å². The molecule has 100 valence electrons. The summed E-state index contributed by atoms with van der Waals surface area (Å²) in [6.45, 7) is 6.80. The van der Waals surface area contributed by atoms with E-state index in [4.69, 9.17) is 0 Å². The quantitative estimate of drug-likeness (QED) is 0.892. The van der Waals surface area contributed by atoms with Crippen molar-refractivity contribution in [2.45, 2.75) is 27.3 Å². The maximum atomic E-state index is 11.7. The lowest BCUT2D eigenvalue weighted by Crippen LogP contribution is -2.23. The monoisotopic (exact) mass is 259 g/mol. The summed E-state index contributed by atoms with van der Waals surface area (Å²) in [5.41, 5.74) is 2.33. The predicted molar refractivity (Wildman–Crippen MR) is 70.8 cm³/mol. The molecule has 0 saturated heterocycles. The van der Waals surface area contributed by atoms with E-state index in [2.05, 4.69) is 20.4 Å². The molecule has 2 rings (SSSR count). The molecule has 19 heavy (non-hydrogen) atoms. The average Bonchev–Trinajstić information content (AvgIpc) is 2.74. The van der Waals surface area contributed by atoms with Crippen LogP contribution in [0.15, 0.2) is 18.5 Å². The van der Waals surface area contributed by atoms with Gasteiger partial charge < -0.3 is 5.32 Å². The summed E-state index contributed by atoms with van der Waals surface area (Å²) >= 11 is 0. The second-order valence-electron chi connectivity index (χ2n) is 4.33. The zero-order chi connectivity index (χ0) is 13.8. The molecule has 0 unspecified atom stereocenters. The van der Waals surface area contributed by atoms with Crippen LogP contribution in [-0.4, -0.2) is 32.2 Å². The summed E-state index contributed by atoms with van der Waals surface area (Å²) in [4.78, 5) is 20.0. The van der Waals surface area contributed by atoms with Crippen LogP contribution < -0.4 is 5.32 Å². The number of nitrogens with one attached hydrogen (secondary N) is 1. The average molecular weight is 259 g/mol. The first-order chi connectivity index (χ1) is 9.10. The van der Waals surface area contributed by atoms with E-state index in [1.165, 1.54) is 0 Å². The van der Waals surface area contributed by atoms with Gasteiger partial charge in [0.05, 0.1) is 6.54 Å². The molecule has 0 aromatic carbocycles. The van der Waals surface area contributed by atoms with E-state index in [-0.39, 0.29) is 5.91 Å². The lowest BCUT2D eigenvalue weighted by atomic mass is 10.3. The van der Waals surface area contributed by atoms with Crippen molar-refractivity contribution >= 4 is 5.91 Å². The van der Waals surface area contributed by atoms with Crippen molar-refractivity contribution < 1.29 is 4.79 Å². The van der Waals surface area contributed by atoms with Gasteiger partial charge in [-0.3, -0.25) is 9.48 Å². The minimum absolute atomic E-state index is 0.149. The van der Waals surface area contributed by atoms with Gasteiger partial charge in [0.1, 0.15) is 11.5 Å². The SMILES string of the molecule is CCNC(=O)c1cc(C)n(Cc2cnc(C)nc2)n1. The van der Waals surface area contributed by atoms with Crippen LogP contribution in [0.3, 0.4) is 0 Å². The minimum atomic E-state index is -0.149. The second kappa shape index (κ2) is 5.60. The summed E-state index contributed by atoms with van der Waals surface area (Å²) < 4.78 is 1.78. The predicted octanol–water partition coefficient (Wildman–Crippen LogP) is 1.09. The van der Waals surface area contributed by atoms with Gasteiger partial charge in [-0.2, -0.15) is 5.10 Å². The largest absolute Gasteiger partial charge is 0.351 e. The van der Waals surface area contributed by atoms with Crippen LogP contribution in [0.5, 0.6) is 0 Å². The summed E-state index contributed by atoms with van der Waals surface area (Å²) in [5, 5.41) is 7.03. The maximum Gasteiger partial charge on any atom is 0.271 e. The molecule has 6 nitrogen and oxygen atoms in total. The lowest BCUT2D eigenvalue weighted by molar-refractivity contribution is 0.0950. The molecule has 0 radical (unpaired) electrons. The molecule has 0 atom stereocenters. The Morgan fingerprint density at radius 1 is 1.32 bits per heavy atom. The van der Waals surface area contributed by atoms with Crippen LogP contribution in [0.25, 0.3) is 0 Å². The normalized spacial score (nSPS) is 10.5. The Morgan fingerprint density at radius 2 is 2.00 bits per heavy atom. The fraction of sp³-hybridized carbons (Fsp3) is 0.385. The summed E-state index contributed by atoms with van der Waals surface area (Å²) in [6, 6.07) is 1.78. The molecule has 6 heteroatoms. The van der Waals surface area contributed by atoms with Crippen molar-refractivity contribution in [3.05, 3.63) is 41.2 Å². The van der Waals surface area contributed by atoms with Crippen LogP contribution in [0.4, 0.5) is 0 Å². The first-order valence-electron chi connectivity index (χ1n) is 6.20. The van der Waals surface area contributed by atoms with Crippen molar-refractivity contribution in [2.75, 3.05) is 6.54 Å². The Hall–Kier alpha value is -2.24. The van der Waals surface area contributed by atoms with Crippen LogP contribution in [0.2, 0.25) is 0 Å². The van der Waals surface area contributed by atoms with Gasteiger partial charge in [0, 0.05) is 30.2 Å². The molecule has 2 aromatic rings. The van der Waals surface area contributed by atoms with E-state index >= 15 is 0 Å². The topological polar surface area (TPSA) is 72.7 Å². The third-order valence-electron chi connectivity index (χ3n) is 2.72. The van der Waals surface area contributed by atoms with E-state index in [0.29, 0.717) is 18.8 Å². The van der Waals surface area contributed by atoms with Crippen molar-refractivity contribution in [1.82, 2.24) is 25.1 Å². The molecule has 2 heterocycles. The van der Waals surface area contributed by atoms with Crippen LogP contribution >= 0.6 is 0 Å². The Bertz CT molecular complexity index is 573. The molecule has 1 amide bonds. The number of amides is 1. The van der Waals surface area contributed by atoms with E-state index < -0.39 is 0 Å². The lowest BCUT2D eigenvalue weighted by Gasteiger charge is -2.04. The molecule has 0 aliphatic rings. The third-order valence-corrected chi connectivity index (χ3v) is 2.72. The highest BCUT2D eigenvalue weighted by molar-refractivity contribution is 5.92. The van der Waals surface area contributed by atoms with Gasteiger partial charge in [0.25, 0.3) is 5.91 Å². The minimum Gasteiger partial charge on any atom is -0.351 e. The first kappa shape index (κ1) is 13.2. The Morgan fingerprint density at radius 3 is 2.63 bits per heavy atom. The molecule has 0 saturated carbocycles. The van der Waals surface area contributed by atoms with E-state index in [0.717, 1.165) is 17.1 Å². The molecule has 0 aliphatic carbocycles. The molecule has 1 N–H and O–H groups in total. The summed E-state index contributed by atoms with van der Waals surface area (Å²) in [5.74, 6) is 0.591. The van der Waals surface area contributed by atoms with E-state index in [1.807, 2.05) is 20.8 Å². The number of hydrogen-bond acceptors (Lipinski definition) is 4. The second-order valence-corrected chi connectivity index (χ2v) is 4.33. The van der Waals surface area contributed by atoms with Crippen LogP contribution in [0, 0.1) is 13.8 Å². The van der Waals surface area contributed by atoms with Gasteiger partial charge in [-0.25, -0.2) is 9.97 Å². The highest BCUT2D eigenvalue weighted by Crippen LogP contribution is 2.07. The standard InChI is InChI=1S/C13H17N5O/c1-4-14-13(19)12-5-9(2)18(17-12)8-11-6-15-10(3)16-7-11/h5-7H,4,8H2,1-3H3,(H,14,19). The molecule has 0 fully saturated rings. The number of carbonyl (C=O) groups excluding carboxylic acids is 1. The fourth-order valence-electron chi connectivity index (χ4n) is 1.71. The molecular weight excluding hydrogens is 242 g/mol. The van der Waals surface area contributed by atoms with Gasteiger partial charge in [-0.15, -0.1) is 0 Å². The van der Waals surface area contributed by atoms with Gasteiger partial charge >= 0.3 is 0 Å². The molecular formula is C13H17N5O. The highest BCUT2D eigenvalue weighted by atomic mass is 16.1. The number of aryl methyl sites for hydroxylation is 2. The van der Waals surface area contributed by atoms with E-state index in [9.17, 15) is 4.79 Å². The highest BCUT2D eigenvalue weighted by Gasteiger charge is 2.11. The zero-order valence-corrected chi connectivity index (χ0v) is 11.3. The molecule has 2 aromatic heterocycles. The third kappa shape index (κ3) is 3.15. The molecule has 0 bridgehead atoms. The first-order valence-corrected chi connectivity index (χ1v) is 6.20. The Labute approximate surface area is 111 Å².